The molecule has 4 aliphatic rings. The van der Waals surface area contributed by atoms with Crippen LogP contribution in [0.4, 0.5) is 10.5 Å². The summed E-state index contributed by atoms with van der Waals surface area (Å²) >= 11 is 0. The zero-order valence-corrected chi connectivity index (χ0v) is 16.7. The summed E-state index contributed by atoms with van der Waals surface area (Å²) in [6.07, 6.45) is 4.22. The maximum atomic E-state index is 13.5. The minimum absolute atomic E-state index is 0.172. The normalized spacial score (nSPS) is 36.1. The number of benzene rings is 1. The van der Waals surface area contributed by atoms with Crippen LogP contribution in [0.5, 0.6) is 0 Å². The van der Waals surface area contributed by atoms with E-state index in [-0.39, 0.29) is 24.5 Å². The Hall–Kier alpha value is -2.63. The second-order valence-corrected chi connectivity index (χ2v) is 8.07. The van der Waals surface area contributed by atoms with Gasteiger partial charge < -0.3 is 4.74 Å². The van der Waals surface area contributed by atoms with Crippen molar-refractivity contribution in [3.63, 3.8) is 0 Å². The van der Waals surface area contributed by atoms with Gasteiger partial charge in [0.05, 0.1) is 29.7 Å². The lowest BCUT2D eigenvalue weighted by Gasteiger charge is -2.62. The van der Waals surface area contributed by atoms with E-state index < -0.39 is 28.9 Å². The Morgan fingerprint density at radius 2 is 1.71 bits per heavy atom. The molecular formula is C22H26N2O4. The number of anilines is 1. The van der Waals surface area contributed by atoms with Crippen LogP contribution < -0.4 is 4.90 Å². The monoisotopic (exact) mass is 382 g/mol. The SMILES string of the molecule is CCOC(=O)N1[C@H](C)[C@]2(CC)C=C[C@@]1(C)[C@H]1C(=O)N(c3ccccc3)C(=O)[C@H]12. The van der Waals surface area contributed by atoms with Crippen molar-refractivity contribution < 1.29 is 19.1 Å². The largest absolute Gasteiger partial charge is 0.450 e. The third-order valence-corrected chi connectivity index (χ3v) is 7.02. The molecule has 6 heteroatoms. The van der Waals surface area contributed by atoms with Crippen LogP contribution in [0.1, 0.15) is 34.1 Å². The van der Waals surface area contributed by atoms with Crippen molar-refractivity contribution in [3.8, 4) is 0 Å². The van der Waals surface area contributed by atoms with Crippen molar-refractivity contribution in [2.45, 2.75) is 45.7 Å². The number of para-hydroxylation sites is 1. The van der Waals surface area contributed by atoms with Gasteiger partial charge in [0.2, 0.25) is 11.8 Å². The van der Waals surface area contributed by atoms with E-state index >= 15 is 0 Å². The van der Waals surface area contributed by atoms with Crippen molar-refractivity contribution in [3.05, 3.63) is 42.5 Å². The number of amides is 3. The van der Waals surface area contributed by atoms with Gasteiger partial charge in [-0.05, 0) is 39.3 Å². The summed E-state index contributed by atoms with van der Waals surface area (Å²) in [6, 6.07) is 8.78. The van der Waals surface area contributed by atoms with Crippen molar-refractivity contribution in [2.24, 2.45) is 17.3 Å². The second-order valence-electron chi connectivity index (χ2n) is 8.07. The van der Waals surface area contributed by atoms with Gasteiger partial charge in [-0.25, -0.2) is 9.69 Å². The van der Waals surface area contributed by atoms with E-state index in [0.717, 1.165) is 0 Å². The van der Waals surface area contributed by atoms with Crippen LogP contribution in [-0.4, -0.2) is 41.0 Å². The fourth-order valence-electron chi connectivity index (χ4n) is 5.63. The number of rotatable bonds is 3. The van der Waals surface area contributed by atoms with Crippen molar-refractivity contribution >= 4 is 23.6 Å². The molecule has 0 spiro atoms. The number of piperidine rings is 1. The Kier molecular flexibility index (Phi) is 4.14. The number of imide groups is 1. The first kappa shape index (κ1) is 18.7. The average Bonchev–Trinajstić information content (AvgIpc) is 2.96. The van der Waals surface area contributed by atoms with Crippen LogP contribution in [0.25, 0.3) is 0 Å². The molecule has 5 rings (SSSR count). The van der Waals surface area contributed by atoms with E-state index in [9.17, 15) is 14.4 Å². The topological polar surface area (TPSA) is 66.9 Å². The summed E-state index contributed by atoms with van der Waals surface area (Å²) in [6.45, 7) is 7.87. The third kappa shape index (κ3) is 2.11. The predicted octanol–water partition coefficient (Wildman–Crippen LogP) is 3.38. The van der Waals surface area contributed by atoms with Crippen LogP contribution in [0.15, 0.2) is 42.5 Å². The zero-order valence-electron chi connectivity index (χ0n) is 16.7. The fraction of sp³-hybridized carbons (Fsp3) is 0.500. The molecule has 3 aliphatic heterocycles. The van der Waals surface area contributed by atoms with E-state index in [0.29, 0.717) is 12.1 Å². The highest BCUT2D eigenvalue weighted by molar-refractivity contribution is 6.23. The summed E-state index contributed by atoms with van der Waals surface area (Å²) in [5.74, 6) is -1.52. The molecule has 2 fully saturated rings. The number of hydrogen-bond donors (Lipinski definition) is 0. The number of carbonyl (C=O) groups is 3. The van der Waals surface area contributed by atoms with Crippen molar-refractivity contribution in [1.29, 1.82) is 0 Å². The summed E-state index contributed by atoms with van der Waals surface area (Å²) in [5, 5.41) is 0. The molecule has 3 amide bonds. The molecule has 0 aromatic heterocycles. The van der Waals surface area contributed by atoms with Crippen molar-refractivity contribution in [1.82, 2.24) is 4.90 Å². The Labute approximate surface area is 165 Å². The molecule has 0 N–H and O–H groups in total. The lowest BCUT2D eigenvalue weighted by atomic mass is 9.52. The Bertz CT molecular complexity index is 867. The molecule has 28 heavy (non-hydrogen) atoms. The van der Waals surface area contributed by atoms with E-state index in [1.54, 1.807) is 24.0 Å². The first-order valence-corrected chi connectivity index (χ1v) is 9.92. The summed E-state index contributed by atoms with van der Waals surface area (Å²) in [5.41, 5.74) is -0.911. The molecule has 1 aromatic carbocycles. The number of carbonyl (C=O) groups excluding carboxylic acids is 3. The molecule has 3 heterocycles. The van der Waals surface area contributed by atoms with Crippen LogP contribution in [-0.2, 0) is 14.3 Å². The number of fused-ring (bicyclic) bond motifs is 1. The van der Waals surface area contributed by atoms with Gasteiger partial charge >= 0.3 is 6.09 Å². The molecular weight excluding hydrogens is 356 g/mol. The molecule has 0 unspecified atom stereocenters. The van der Waals surface area contributed by atoms with Gasteiger partial charge in [-0.15, -0.1) is 0 Å². The van der Waals surface area contributed by atoms with Crippen LogP contribution in [0.3, 0.4) is 0 Å². The highest BCUT2D eigenvalue weighted by atomic mass is 16.6. The molecule has 2 bridgehead atoms. The first-order valence-electron chi connectivity index (χ1n) is 9.92. The van der Waals surface area contributed by atoms with Crippen LogP contribution in [0, 0.1) is 17.3 Å². The van der Waals surface area contributed by atoms with E-state index in [4.69, 9.17) is 4.74 Å². The van der Waals surface area contributed by atoms with Gasteiger partial charge in [-0.1, -0.05) is 37.3 Å². The molecule has 6 nitrogen and oxygen atoms in total. The minimum Gasteiger partial charge on any atom is -0.450 e. The zero-order chi connectivity index (χ0) is 20.3. The lowest BCUT2D eigenvalue weighted by molar-refractivity contribution is -0.146. The number of ether oxygens (including phenoxy) is 1. The van der Waals surface area contributed by atoms with Crippen LogP contribution >= 0.6 is 0 Å². The maximum Gasteiger partial charge on any atom is 0.410 e. The summed E-state index contributed by atoms with van der Waals surface area (Å²) in [7, 11) is 0. The quantitative estimate of drug-likeness (QED) is 0.594. The van der Waals surface area contributed by atoms with Crippen LogP contribution in [0.2, 0.25) is 0 Å². The predicted molar refractivity (Wildman–Crippen MR) is 105 cm³/mol. The fourth-order valence-corrected chi connectivity index (χ4v) is 5.63. The summed E-state index contributed by atoms with van der Waals surface area (Å²) < 4.78 is 5.32. The Morgan fingerprint density at radius 1 is 1.07 bits per heavy atom. The van der Waals surface area contributed by atoms with E-state index in [1.165, 1.54) is 4.90 Å². The van der Waals surface area contributed by atoms with E-state index in [1.807, 2.05) is 45.0 Å². The van der Waals surface area contributed by atoms with Gasteiger partial charge in [0.1, 0.15) is 0 Å². The molecule has 148 valence electrons. The molecule has 0 radical (unpaired) electrons. The van der Waals surface area contributed by atoms with Gasteiger partial charge in [-0.2, -0.15) is 0 Å². The molecule has 0 saturated carbocycles. The number of nitrogens with zero attached hydrogens (tertiary/aromatic N) is 2. The first-order chi connectivity index (χ1) is 13.3. The highest BCUT2D eigenvalue weighted by Crippen LogP contribution is 2.61. The lowest BCUT2D eigenvalue weighted by Crippen LogP contribution is -2.72. The highest BCUT2D eigenvalue weighted by Gasteiger charge is 2.72. The van der Waals surface area contributed by atoms with Gasteiger partial charge in [0.15, 0.2) is 0 Å². The third-order valence-electron chi connectivity index (χ3n) is 7.02. The smallest absolute Gasteiger partial charge is 0.410 e. The van der Waals surface area contributed by atoms with Gasteiger partial charge in [0, 0.05) is 11.5 Å². The summed E-state index contributed by atoms with van der Waals surface area (Å²) in [4.78, 5) is 42.9. The van der Waals surface area contributed by atoms with Crippen molar-refractivity contribution in [2.75, 3.05) is 11.5 Å². The molecule has 1 aromatic rings. The van der Waals surface area contributed by atoms with Gasteiger partial charge in [0.25, 0.3) is 0 Å². The van der Waals surface area contributed by atoms with E-state index in [2.05, 4.69) is 6.08 Å². The minimum atomic E-state index is -0.899. The molecule has 1 aliphatic carbocycles. The van der Waals surface area contributed by atoms with Gasteiger partial charge in [-0.3, -0.25) is 14.5 Å². The Balaban J connectivity index is 1.87. The Morgan fingerprint density at radius 3 is 2.32 bits per heavy atom. The maximum absolute atomic E-state index is 13.5. The average molecular weight is 382 g/mol. The molecule has 5 atom stereocenters. The second kappa shape index (κ2) is 6.19. The standard InChI is InChI=1S/C22H26N2O4/c1-5-22-13-12-21(4,24(14(22)3)20(27)28-6-2)16-17(22)19(26)23(18(16)25)15-10-8-7-9-11-15/h7-14,16-17H,5-6H2,1-4H3/t14-,16-,17+,21+,22+/m1/s1. The number of hydrogen-bond acceptors (Lipinski definition) is 4. The molecule has 2 saturated heterocycles.